The molecule has 0 aliphatic heterocycles. The van der Waals surface area contributed by atoms with E-state index in [1.165, 1.54) is 44.9 Å². The first-order valence-electron chi connectivity index (χ1n) is 15.9. The number of fused-ring (bicyclic) bond motifs is 4. The van der Waals surface area contributed by atoms with Crippen molar-refractivity contribution in [3.05, 3.63) is 22.8 Å². The Hall–Kier alpha value is -0.673. The van der Waals surface area contributed by atoms with E-state index in [1.54, 1.807) is 11.1 Å². The maximum Gasteiger partial charge on any atom is 0.204 e. The molecule has 0 bridgehead atoms. The van der Waals surface area contributed by atoms with Crippen LogP contribution in [0.5, 0.6) is 0 Å². The number of carbonyl (C=O) groups excluding carboxylic acids is 1. The van der Waals surface area contributed by atoms with Crippen molar-refractivity contribution in [1.29, 1.82) is 0 Å². The van der Waals surface area contributed by atoms with Crippen molar-refractivity contribution in [1.82, 2.24) is 0 Å². The lowest BCUT2D eigenvalue weighted by Gasteiger charge is -2.62. The fraction of sp³-hybridized carbons (Fsp3) is 0.857. The number of ketones is 1. The number of hydrogen-bond donors (Lipinski definition) is 0. The van der Waals surface area contributed by atoms with Gasteiger partial charge in [-0.1, -0.05) is 74.0 Å². The third-order valence-electron chi connectivity index (χ3n) is 12.2. The van der Waals surface area contributed by atoms with E-state index < -0.39 is 9.04 Å². The Bertz CT molecular complexity index is 965. The van der Waals surface area contributed by atoms with Crippen LogP contribution in [0.4, 0.5) is 0 Å². The fourth-order valence-corrected chi connectivity index (χ4v) is 10.9. The molecule has 2 unspecified atom stereocenters. The molecule has 4 aliphatic rings. The number of hydrogen-bond acceptors (Lipinski definition) is 2. The fourth-order valence-electron chi connectivity index (χ4n) is 10.3. The van der Waals surface area contributed by atoms with Gasteiger partial charge in [-0.05, 0) is 121 Å². The molecule has 0 aromatic rings. The van der Waals surface area contributed by atoms with Crippen LogP contribution >= 0.6 is 0 Å². The quantitative estimate of drug-likeness (QED) is 0.287. The highest BCUT2D eigenvalue weighted by Gasteiger charge is 2.58. The summed E-state index contributed by atoms with van der Waals surface area (Å²) in [7, 11) is -0.728. The molecule has 0 aromatic heterocycles. The van der Waals surface area contributed by atoms with Crippen LogP contribution in [0.1, 0.15) is 120 Å². The normalized spacial score (nSPS) is 36.3. The van der Waals surface area contributed by atoms with Gasteiger partial charge in [0.25, 0.3) is 0 Å². The van der Waals surface area contributed by atoms with Crippen molar-refractivity contribution in [2.24, 2.45) is 51.2 Å². The van der Waals surface area contributed by atoms with Crippen LogP contribution in [0, 0.1) is 51.2 Å². The lowest BCUT2D eigenvalue weighted by Crippen LogP contribution is -2.53. The summed E-state index contributed by atoms with van der Waals surface area (Å²) < 4.78 is 5.82. The molecule has 0 aromatic carbocycles. The topological polar surface area (TPSA) is 26.3 Å². The summed E-state index contributed by atoms with van der Waals surface area (Å²) in [5.41, 5.74) is 6.77. The molecule has 38 heavy (non-hydrogen) atoms. The SMILES string of the molecule is CC(CO[Si](C)C)C(=O)CC[C@@H](C)[C@H]1CC=C2C3=C(CC[C@@]21C)[C@@]1(C)CCC(C(C)(C)C)C(C)(C)[C@@H]1CC3. The molecule has 7 atom stereocenters. The van der Waals surface area contributed by atoms with Crippen molar-refractivity contribution in [3.8, 4) is 0 Å². The van der Waals surface area contributed by atoms with Crippen LogP contribution in [0.15, 0.2) is 22.8 Å². The molecule has 0 spiro atoms. The molecule has 0 heterocycles. The molecular formula is C35H59O2Si. The smallest absolute Gasteiger partial charge is 0.204 e. The van der Waals surface area contributed by atoms with E-state index in [0.717, 1.165) is 18.3 Å². The molecule has 2 nitrogen and oxygen atoms in total. The van der Waals surface area contributed by atoms with Crippen LogP contribution in [-0.2, 0) is 9.22 Å². The van der Waals surface area contributed by atoms with Crippen molar-refractivity contribution in [2.75, 3.05) is 6.61 Å². The molecule has 1 saturated carbocycles. The average Bonchev–Trinajstić information content (AvgIpc) is 3.16. The molecule has 1 radical (unpaired) electrons. The lowest BCUT2D eigenvalue weighted by atomic mass is 9.42. The first-order chi connectivity index (χ1) is 17.5. The summed E-state index contributed by atoms with van der Waals surface area (Å²) in [5.74, 6) is 3.27. The monoisotopic (exact) mass is 539 g/mol. The van der Waals surface area contributed by atoms with Gasteiger partial charge < -0.3 is 4.43 Å². The summed E-state index contributed by atoms with van der Waals surface area (Å²) in [6.07, 6.45) is 13.6. The van der Waals surface area contributed by atoms with Crippen LogP contribution in [0.2, 0.25) is 13.1 Å². The maximum absolute atomic E-state index is 12.8. The molecule has 4 rings (SSSR count). The highest BCUT2D eigenvalue weighted by Crippen LogP contribution is 2.69. The largest absolute Gasteiger partial charge is 0.416 e. The zero-order chi connectivity index (χ0) is 28.3. The van der Waals surface area contributed by atoms with Gasteiger partial charge in [0.15, 0.2) is 0 Å². The Morgan fingerprint density at radius 2 is 1.74 bits per heavy atom. The maximum atomic E-state index is 12.8. The van der Waals surface area contributed by atoms with Gasteiger partial charge in [0.1, 0.15) is 5.78 Å². The summed E-state index contributed by atoms with van der Waals surface area (Å²) in [6.45, 7) is 27.2. The number of rotatable bonds is 8. The summed E-state index contributed by atoms with van der Waals surface area (Å²) in [5, 5.41) is 0. The van der Waals surface area contributed by atoms with Crippen molar-refractivity contribution >= 4 is 14.8 Å². The molecule has 215 valence electrons. The van der Waals surface area contributed by atoms with E-state index >= 15 is 0 Å². The molecule has 4 aliphatic carbocycles. The van der Waals surface area contributed by atoms with Gasteiger partial charge >= 0.3 is 0 Å². The van der Waals surface area contributed by atoms with Crippen LogP contribution in [0.3, 0.4) is 0 Å². The molecule has 1 fully saturated rings. The Morgan fingerprint density at radius 1 is 1.05 bits per heavy atom. The van der Waals surface area contributed by atoms with Crippen LogP contribution in [-0.4, -0.2) is 21.4 Å². The minimum absolute atomic E-state index is 0.0332. The van der Waals surface area contributed by atoms with Crippen molar-refractivity contribution < 1.29 is 9.22 Å². The first kappa shape index (κ1) is 30.3. The van der Waals surface area contributed by atoms with E-state index in [0.29, 0.717) is 52.3 Å². The second kappa shape index (κ2) is 10.6. The number of allylic oxidation sites excluding steroid dienone is 4. The van der Waals surface area contributed by atoms with Gasteiger partial charge in [0.2, 0.25) is 9.04 Å². The third kappa shape index (κ3) is 5.22. The van der Waals surface area contributed by atoms with Gasteiger partial charge in [0.05, 0.1) is 0 Å². The third-order valence-corrected chi connectivity index (χ3v) is 13.0. The zero-order valence-corrected chi connectivity index (χ0v) is 27.9. The second-order valence-electron chi connectivity index (χ2n) is 16.2. The predicted octanol–water partition coefficient (Wildman–Crippen LogP) is 9.82. The van der Waals surface area contributed by atoms with Crippen LogP contribution in [0.25, 0.3) is 0 Å². The molecular weight excluding hydrogens is 480 g/mol. The van der Waals surface area contributed by atoms with Gasteiger partial charge in [-0.2, -0.15) is 0 Å². The second-order valence-corrected chi connectivity index (χ2v) is 18.3. The van der Waals surface area contributed by atoms with E-state index in [-0.39, 0.29) is 5.92 Å². The first-order valence-corrected chi connectivity index (χ1v) is 18.3. The van der Waals surface area contributed by atoms with E-state index in [2.05, 4.69) is 81.5 Å². The average molecular weight is 540 g/mol. The van der Waals surface area contributed by atoms with E-state index in [9.17, 15) is 4.79 Å². The standard InChI is InChI=1S/C35H59O2Si/c1-23(12-16-29(36)24(2)22-37-38(10)11)26-14-15-27-25-13-17-31-33(6,7)30(32(3,4)5)19-21-35(31,9)28(25)18-20-34(26,27)8/h15,23-24,26,30-31H,12-14,16-22H2,1-11H3/t23-,24?,26-,30?,31+,34-,35-/m1/s1. The Kier molecular flexibility index (Phi) is 8.47. The van der Waals surface area contributed by atoms with E-state index in [1.807, 2.05) is 5.57 Å². The minimum atomic E-state index is -0.728. The Labute approximate surface area is 237 Å². The lowest BCUT2D eigenvalue weighted by molar-refractivity contribution is -0.123. The van der Waals surface area contributed by atoms with E-state index in [4.69, 9.17) is 4.43 Å². The number of carbonyl (C=O) groups is 1. The van der Waals surface area contributed by atoms with Crippen LogP contribution < -0.4 is 0 Å². The molecule has 0 amide bonds. The van der Waals surface area contributed by atoms with Gasteiger partial charge in [-0.25, -0.2) is 0 Å². The van der Waals surface area contributed by atoms with Gasteiger partial charge in [0, 0.05) is 18.9 Å². The minimum Gasteiger partial charge on any atom is -0.416 e. The Balaban J connectivity index is 1.48. The zero-order valence-electron chi connectivity index (χ0n) is 26.9. The molecule has 3 heteroatoms. The number of Topliss-reactive ketones (excluding diaryl/α,β-unsaturated/α-hetero) is 1. The van der Waals surface area contributed by atoms with Crippen molar-refractivity contribution in [3.63, 3.8) is 0 Å². The molecule has 0 N–H and O–H groups in total. The highest BCUT2D eigenvalue weighted by atomic mass is 28.3. The van der Waals surface area contributed by atoms with Gasteiger partial charge in [-0.3, -0.25) is 4.79 Å². The predicted molar refractivity (Wildman–Crippen MR) is 163 cm³/mol. The van der Waals surface area contributed by atoms with Gasteiger partial charge in [-0.15, -0.1) is 0 Å². The summed E-state index contributed by atoms with van der Waals surface area (Å²) in [4.78, 5) is 12.8. The van der Waals surface area contributed by atoms with Crippen molar-refractivity contribution in [2.45, 2.75) is 133 Å². The summed E-state index contributed by atoms with van der Waals surface area (Å²) in [6, 6.07) is 0. The molecule has 0 saturated heterocycles. The summed E-state index contributed by atoms with van der Waals surface area (Å²) >= 11 is 0. The highest BCUT2D eigenvalue weighted by molar-refractivity contribution is 6.48. The Morgan fingerprint density at radius 3 is 2.37 bits per heavy atom.